The van der Waals surface area contributed by atoms with Crippen LogP contribution in [0.2, 0.25) is 5.02 Å². The van der Waals surface area contributed by atoms with Gasteiger partial charge in [0, 0.05) is 13.0 Å². The number of hydrogen-bond acceptors (Lipinski definition) is 5. The first-order valence-electron chi connectivity index (χ1n) is 6.75. The molecule has 0 radical (unpaired) electrons. The van der Waals surface area contributed by atoms with Crippen molar-refractivity contribution in [1.82, 2.24) is 4.72 Å². The normalized spacial score (nSPS) is 11.8. The quantitative estimate of drug-likeness (QED) is 0.770. The number of benzene rings is 2. The Hall–Kier alpha value is -1.92. The van der Waals surface area contributed by atoms with Gasteiger partial charge >= 0.3 is 0 Å². The second-order valence-corrected chi connectivity index (χ2v) is 8.81. The first kappa shape index (κ1) is 18.4. The Morgan fingerprint density at radius 2 is 1.67 bits per heavy atom. The molecule has 2 rings (SSSR count). The van der Waals surface area contributed by atoms with E-state index >= 15 is 0 Å². The van der Waals surface area contributed by atoms with Gasteiger partial charge in [0.2, 0.25) is 19.9 Å². The predicted octanol–water partition coefficient (Wildman–Crippen LogP) is 2.36. The molecular formula is C15H13ClN2O4S2. The maximum absolute atomic E-state index is 12.6. The fourth-order valence-corrected chi connectivity index (χ4v) is 4.85. The van der Waals surface area contributed by atoms with Crippen molar-refractivity contribution in [3.63, 3.8) is 0 Å². The minimum Gasteiger partial charge on any atom is -0.219 e. The lowest BCUT2D eigenvalue weighted by Crippen LogP contribution is -2.25. The number of halogens is 1. The number of sulfone groups is 1. The lowest BCUT2D eigenvalue weighted by molar-refractivity contribution is 0.582. The summed E-state index contributed by atoms with van der Waals surface area (Å²) in [4.78, 5) is -0.481. The Kier molecular flexibility index (Phi) is 5.62. The minimum atomic E-state index is -4.03. The van der Waals surface area contributed by atoms with E-state index < -0.39 is 19.9 Å². The van der Waals surface area contributed by atoms with Crippen LogP contribution in [0.1, 0.15) is 6.42 Å². The monoisotopic (exact) mass is 384 g/mol. The van der Waals surface area contributed by atoms with E-state index in [1.54, 1.807) is 18.2 Å². The number of rotatable bonds is 6. The highest BCUT2D eigenvalue weighted by Gasteiger charge is 2.23. The van der Waals surface area contributed by atoms with Crippen LogP contribution in [0.4, 0.5) is 0 Å². The van der Waals surface area contributed by atoms with E-state index in [-0.39, 0.29) is 32.7 Å². The molecule has 0 spiro atoms. The molecule has 0 heterocycles. The van der Waals surface area contributed by atoms with E-state index in [1.807, 2.05) is 6.07 Å². The van der Waals surface area contributed by atoms with Crippen LogP contribution in [0.25, 0.3) is 0 Å². The van der Waals surface area contributed by atoms with Crippen molar-refractivity contribution < 1.29 is 16.8 Å². The van der Waals surface area contributed by atoms with Crippen LogP contribution in [0.3, 0.4) is 0 Å². The number of nitrogens with zero attached hydrogens (tertiary/aromatic N) is 1. The topological polar surface area (TPSA) is 104 Å². The van der Waals surface area contributed by atoms with Crippen molar-refractivity contribution >= 4 is 31.5 Å². The molecule has 0 bridgehead atoms. The molecule has 0 aliphatic heterocycles. The number of hydrogen-bond donors (Lipinski definition) is 1. The van der Waals surface area contributed by atoms with Gasteiger partial charge in [-0.2, -0.15) is 5.26 Å². The summed E-state index contributed by atoms with van der Waals surface area (Å²) in [5.41, 5.74) is 0. The van der Waals surface area contributed by atoms with Crippen LogP contribution < -0.4 is 4.72 Å². The molecule has 0 aliphatic rings. The van der Waals surface area contributed by atoms with Crippen LogP contribution >= 0.6 is 11.6 Å². The van der Waals surface area contributed by atoms with E-state index in [9.17, 15) is 16.8 Å². The van der Waals surface area contributed by atoms with Gasteiger partial charge < -0.3 is 0 Å². The molecule has 9 heteroatoms. The van der Waals surface area contributed by atoms with Gasteiger partial charge in [0.05, 0.1) is 20.9 Å². The molecule has 2 aromatic rings. The van der Waals surface area contributed by atoms with Crippen molar-refractivity contribution in [2.24, 2.45) is 0 Å². The molecule has 0 aromatic heterocycles. The molecular weight excluding hydrogens is 372 g/mol. The Bertz CT molecular complexity index is 982. The van der Waals surface area contributed by atoms with Gasteiger partial charge in [0.15, 0.2) is 0 Å². The summed E-state index contributed by atoms with van der Waals surface area (Å²) in [7, 11) is -7.89. The summed E-state index contributed by atoms with van der Waals surface area (Å²) in [5, 5.41) is 8.37. The standard InChI is InChI=1S/C15H13ClN2O4S2/c16-14-8-7-13(23(19,20)12-5-2-1-3-6-12)11-15(14)24(21,22)18-10-4-9-17/h1-3,5-8,11,18H,4,10H2. The Morgan fingerprint density at radius 3 is 2.29 bits per heavy atom. The van der Waals surface area contributed by atoms with E-state index in [0.29, 0.717) is 0 Å². The zero-order chi connectivity index (χ0) is 17.8. The van der Waals surface area contributed by atoms with Crippen LogP contribution in [0, 0.1) is 11.3 Å². The summed E-state index contributed by atoms with van der Waals surface area (Å²) < 4.78 is 51.9. The third-order valence-electron chi connectivity index (χ3n) is 3.08. The average molecular weight is 385 g/mol. The Morgan fingerprint density at radius 1 is 1.00 bits per heavy atom. The van der Waals surface area contributed by atoms with Crippen molar-refractivity contribution in [3.05, 3.63) is 53.6 Å². The van der Waals surface area contributed by atoms with Crippen molar-refractivity contribution in [3.8, 4) is 6.07 Å². The molecule has 0 amide bonds. The zero-order valence-electron chi connectivity index (χ0n) is 12.3. The number of sulfonamides is 1. The lowest BCUT2D eigenvalue weighted by atomic mass is 10.4. The molecule has 0 fully saturated rings. The van der Waals surface area contributed by atoms with E-state index in [4.69, 9.17) is 16.9 Å². The van der Waals surface area contributed by atoms with E-state index in [2.05, 4.69) is 4.72 Å². The molecule has 0 aliphatic carbocycles. The summed E-state index contributed by atoms with van der Waals surface area (Å²) in [6.07, 6.45) is -0.0150. The fourth-order valence-electron chi connectivity index (χ4n) is 1.91. The van der Waals surface area contributed by atoms with Crippen LogP contribution in [0.15, 0.2) is 63.2 Å². The van der Waals surface area contributed by atoms with Gasteiger partial charge in [-0.15, -0.1) is 0 Å². The molecule has 24 heavy (non-hydrogen) atoms. The highest BCUT2D eigenvalue weighted by Crippen LogP contribution is 2.28. The molecule has 6 nitrogen and oxygen atoms in total. The van der Waals surface area contributed by atoms with Gasteiger partial charge in [0.1, 0.15) is 4.90 Å². The first-order valence-corrected chi connectivity index (χ1v) is 10.1. The van der Waals surface area contributed by atoms with Crippen molar-refractivity contribution in [1.29, 1.82) is 5.26 Å². The molecule has 1 N–H and O–H groups in total. The van der Waals surface area contributed by atoms with Gasteiger partial charge in [-0.3, -0.25) is 0 Å². The van der Waals surface area contributed by atoms with Gasteiger partial charge in [-0.05, 0) is 30.3 Å². The third-order valence-corrected chi connectivity index (χ3v) is 6.79. The Labute approximate surface area is 145 Å². The molecule has 0 saturated heterocycles. The lowest BCUT2D eigenvalue weighted by Gasteiger charge is -2.10. The van der Waals surface area contributed by atoms with E-state index in [0.717, 1.165) is 6.07 Å². The second kappa shape index (κ2) is 7.32. The molecule has 0 saturated carbocycles. The van der Waals surface area contributed by atoms with Crippen LogP contribution in [-0.2, 0) is 19.9 Å². The van der Waals surface area contributed by atoms with Gasteiger partial charge in [-0.1, -0.05) is 29.8 Å². The first-order chi connectivity index (χ1) is 11.3. The van der Waals surface area contributed by atoms with Gasteiger partial charge in [0.25, 0.3) is 0 Å². The zero-order valence-corrected chi connectivity index (χ0v) is 14.7. The fraction of sp³-hybridized carbons (Fsp3) is 0.133. The van der Waals surface area contributed by atoms with Gasteiger partial charge in [-0.25, -0.2) is 21.6 Å². The molecule has 2 aromatic carbocycles. The number of nitrogens with one attached hydrogen (secondary N) is 1. The Balaban J connectivity index is 2.48. The summed E-state index contributed by atoms with van der Waals surface area (Å²) in [5.74, 6) is 0. The SMILES string of the molecule is N#CCCNS(=O)(=O)c1cc(S(=O)(=O)c2ccccc2)ccc1Cl. The van der Waals surface area contributed by atoms with Crippen molar-refractivity contribution in [2.45, 2.75) is 21.1 Å². The minimum absolute atomic E-state index is 0.0150. The summed E-state index contributed by atoms with van der Waals surface area (Å²) >= 11 is 5.91. The largest absolute Gasteiger partial charge is 0.242 e. The summed E-state index contributed by atoms with van der Waals surface area (Å²) in [6, 6.07) is 13.0. The van der Waals surface area contributed by atoms with Crippen LogP contribution in [0.5, 0.6) is 0 Å². The maximum atomic E-state index is 12.6. The number of nitriles is 1. The summed E-state index contributed by atoms with van der Waals surface area (Å²) in [6.45, 7) is -0.0924. The maximum Gasteiger partial charge on any atom is 0.242 e. The highest BCUT2D eigenvalue weighted by molar-refractivity contribution is 7.91. The third kappa shape index (κ3) is 3.94. The van der Waals surface area contributed by atoms with Crippen molar-refractivity contribution in [2.75, 3.05) is 6.54 Å². The smallest absolute Gasteiger partial charge is 0.219 e. The molecule has 0 atom stereocenters. The predicted molar refractivity (Wildman–Crippen MR) is 88.8 cm³/mol. The second-order valence-electron chi connectivity index (χ2n) is 4.71. The average Bonchev–Trinajstić information content (AvgIpc) is 2.56. The highest BCUT2D eigenvalue weighted by atomic mass is 35.5. The van der Waals surface area contributed by atoms with E-state index in [1.165, 1.54) is 24.3 Å². The van der Waals surface area contributed by atoms with Crippen LogP contribution in [-0.4, -0.2) is 23.4 Å². The molecule has 0 unspecified atom stereocenters. The molecule has 126 valence electrons.